The van der Waals surface area contributed by atoms with Gasteiger partial charge in [0, 0.05) is 17.5 Å². The van der Waals surface area contributed by atoms with Crippen LogP contribution in [-0.4, -0.2) is 27.8 Å². The second-order valence-electron chi connectivity index (χ2n) is 8.00. The molecule has 6 nitrogen and oxygen atoms in total. The molecule has 1 aliphatic rings. The van der Waals surface area contributed by atoms with Crippen LogP contribution < -0.4 is 10.1 Å². The number of carbonyl (C=O) groups excluding carboxylic acids is 1. The number of ether oxygens (including phenoxy) is 1. The van der Waals surface area contributed by atoms with Crippen molar-refractivity contribution >= 4 is 5.91 Å². The smallest absolute Gasteiger partial charge is 0.231 e. The van der Waals surface area contributed by atoms with Crippen molar-refractivity contribution in [2.75, 3.05) is 7.11 Å². The Bertz CT molecular complexity index is 1010. The minimum absolute atomic E-state index is 0.0858. The van der Waals surface area contributed by atoms with Gasteiger partial charge in [0.25, 0.3) is 0 Å². The van der Waals surface area contributed by atoms with E-state index in [-0.39, 0.29) is 11.9 Å². The van der Waals surface area contributed by atoms with Gasteiger partial charge in [0.1, 0.15) is 5.75 Å². The highest BCUT2D eigenvalue weighted by atomic mass is 16.5. The first-order valence-corrected chi connectivity index (χ1v) is 10.5. The number of pyridine rings is 1. The molecule has 0 aliphatic heterocycles. The van der Waals surface area contributed by atoms with Crippen molar-refractivity contribution < 1.29 is 9.53 Å². The number of nitrogens with one attached hydrogen (secondary N) is 1. The normalized spacial score (nSPS) is 16.2. The highest BCUT2D eigenvalue weighted by Gasteiger charge is 2.43. The summed E-state index contributed by atoms with van der Waals surface area (Å²) in [4.78, 5) is 17.9. The van der Waals surface area contributed by atoms with Crippen LogP contribution in [0.3, 0.4) is 0 Å². The zero-order valence-electron chi connectivity index (χ0n) is 17.8. The number of nitrogens with zero attached hydrogens (tertiary/aromatic N) is 3. The topological polar surface area (TPSA) is 69.0 Å². The number of hydrogen-bond acceptors (Lipinski definition) is 4. The molecule has 0 radical (unpaired) electrons. The Labute approximate surface area is 177 Å². The summed E-state index contributed by atoms with van der Waals surface area (Å²) in [6.07, 6.45) is 7.42. The molecule has 1 atom stereocenters. The van der Waals surface area contributed by atoms with Gasteiger partial charge in [0.2, 0.25) is 5.91 Å². The van der Waals surface area contributed by atoms with Gasteiger partial charge >= 0.3 is 0 Å². The van der Waals surface area contributed by atoms with E-state index in [4.69, 9.17) is 4.74 Å². The van der Waals surface area contributed by atoms with Crippen molar-refractivity contribution in [2.45, 2.75) is 51.0 Å². The number of rotatable bonds is 6. The van der Waals surface area contributed by atoms with E-state index in [0.29, 0.717) is 0 Å². The van der Waals surface area contributed by atoms with Gasteiger partial charge in [0.15, 0.2) is 5.82 Å². The summed E-state index contributed by atoms with van der Waals surface area (Å²) in [5.41, 5.74) is 2.56. The minimum Gasteiger partial charge on any atom is -0.497 e. The maximum absolute atomic E-state index is 13.5. The molecule has 2 heterocycles. The van der Waals surface area contributed by atoms with Gasteiger partial charge in [-0.15, -0.1) is 0 Å². The summed E-state index contributed by atoms with van der Waals surface area (Å²) in [7, 11) is 1.65. The molecular formula is C24H28N4O2. The molecule has 2 aromatic heterocycles. The predicted molar refractivity (Wildman–Crippen MR) is 116 cm³/mol. The van der Waals surface area contributed by atoms with Crippen molar-refractivity contribution in [3.63, 3.8) is 0 Å². The molecule has 0 unspecified atom stereocenters. The van der Waals surface area contributed by atoms with E-state index in [9.17, 15) is 4.79 Å². The molecule has 6 heteroatoms. The zero-order valence-corrected chi connectivity index (χ0v) is 17.8. The first-order valence-electron chi connectivity index (χ1n) is 10.5. The standard InChI is InChI=1S/C24H28N4O2/c1-17(21-16-26-28(18(21)2)22-8-4-7-15-25-22)27-23(29)24(13-5-6-14-24)19-9-11-20(30-3)12-10-19/h4,7-12,15-17H,5-6,13-14H2,1-3H3,(H,27,29)/t17-/m1/s1. The van der Waals surface area contributed by atoms with Crippen LogP contribution in [0.1, 0.15) is 55.5 Å². The van der Waals surface area contributed by atoms with Crippen LogP contribution in [-0.2, 0) is 10.2 Å². The Morgan fingerprint density at radius 1 is 1.17 bits per heavy atom. The van der Waals surface area contributed by atoms with Crippen LogP contribution in [0, 0.1) is 6.92 Å². The van der Waals surface area contributed by atoms with E-state index in [1.807, 2.05) is 67.2 Å². The number of carbonyl (C=O) groups is 1. The number of amides is 1. The summed E-state index contributed by atoms with van der Waals surface area (Å²) >= 11 is 0. The summed E-state index contributed by atoms with van der Waals surface area (Å²) in [6, 6.07) is 13.5. The third-order valence-corrected chi connectivity index (χ3v) is 6.26. The molecule has 30 heavy (non-hydrogen) atoms. The summed E-state index contributed by atoms with van der Waals surface area (Å²) in [5.74, 6) is 1.66. The lowest BCUT2D eigenvalue weighted by molar-refractivity contribution is -0.127. The highest BCUT2D eigenvalue weighted by molar-refractivity contribution is 5.89. The van der Waals surface area contributed by atoms with Crippen molar-refractivity contribution in [1.82, 2.24) is 20.1 Å². The summed E-state index contributed by atoms with van der Waals surface area (Å²) < 4.78 is 7.10. The number of aromatic nitrogens is 3. The van der Waals surface area contributed by atoms with E-state index in [1.54, 1.807) is 13.3 Å². The Kier molecular flexibility index (Phi) is 5.57. The van der Waals surface area contributed by atoms with Crippen molar-refractivity contribution in [2.24, 2.45) is 0 Å². The third kappa shape index (κ3) is 3.58. The maximum Gasteiger partial charge on any atom is 0.231 e. The number of hydrogen-bond donors (Lipinski definition) is 1. The van der Waals surface area contributed by atoms with Gasteiger partial charge in [-0.25, -0.2) is 9.67 Å². The predicted octanol–water partition coefficient (Wildman–Crippen LogP) is 4.27. The van der Waals surface area contributed by atoms with E-state index in [1.165, 1.54) is 0 Å². The van der Waals surface area contributed by atoms with E-state index >= 15 is 0 Å². The minimum atomic E-state index is -0.481. The molecule has 156 valence electrons. The molecule has 1 N–H and O–H groups in total. The average Bonchev–Trinajstić information content (AvgIpc) is 3.42. The fourth-order valence-corrected chi connectivity index (χ4v) is 4.51. The van der Waals surface area contributed by atoms with E-state index < -0.39 is 5.41 Å². The lowest BCUT2D eigenvalue weighted by Gasteiger charge is -2.30. The van der Waals surface area contributed by atoms with Gasteiger partial charge in [-0.1, -0.05) is 31.0 Å². The van der Waals surface area contributed by atoms with Gasteiger partial charge in [-0.05, 0) is 56.5 Å². The van der Waals surface area contributed by atoms with Crippen LogP contribution >= 0.6 is 0 Å². The fraction of sp³-hybridized carbons (Fsp3) is 0.375. The quantitative estimate of drug-likeness (QED) is 0.666. The second kappa shape index (κ2) is 8.30. The zero-order chi connectivity index (χ0) is 21.1. The van der Waals surface area contributed by atoms with Crippen molar-refractivity contribution in [1.29, 1.82) is 0 Å². The molecule has 1 amide bonds. The molecule has 3 aromatic rings. The lowest BCUT2D eigenvalue weighted by Crippen LogP contribution is -2.43. The SMILES string of the molecule is COc1ccc(C2(C(=O)N[C@H](C)c3cnn(-c4ccccn4)c3C)CCCC2)cc1. The third-order valence-electron chi connectivity index (χ3n) is 6.26. The monoisotopic (exact) mass is 404 g/mol. The van der Waals surface area contributed by atoms with Crippen LogP contribution in [0.2, 0.25) is 0 Å². The lowest BCUT2D eigenvalue weighted by atomic mass is 9.77. The van der Waals surface area contributed by atoms with Gasteiger partial charge in [0.05, 0.1) is 24.8 Å². The molecule has 4 rings (SSSR count). The van der Waals surface area contributed by atoms with Crippen LogP contribution in [0.25, 0.3) is 5.82 Å². The summed E-state index contributed by atoms with van der Waals surface area (Å²) in [6.45, 7) is 4.02. The highest BCUT2D eigenvalue weighted by Crippen LogP contribution is 2.42. The van der Waals surface area contributed by atoms with E-state index in [0.717, 1.165) is 54.1 Å². The average molecular weight is 405 g/mol. The van der Waals surface area contributed by atoms with Gasteiger partial charge in [-0.3, -0.25) is 4.79 Å². The van der Waals surface area contributed by atoms with Crippen LogP contribution in [0.5, 0.6) is 5.75 Å². The van der Waals surface area contributed by atoms with Crippen molar-refractivity contribution in [3.8, 4) is 11.6 Å². The van der Waals surface area contributed by atoms with Gasteiger partial charge in [-0.2, -0.15) is 5.10 Å². The Hall–Kier alpha value is -3.15. The molecule has 0 spiro atoms. The molecule has 1 aromatic carbocycles. The Morgan fingerprint density at radius 2 is 1.90 bits per heavy atom. The molecule has 1 fully saturated rings. The first kappa shape index (κ1) is 20.1. The van der Waals surface area contributed by atoms with Gasteiger partial charge < -0.3 is 10.1 Å². The summed E-state index contributed by atoms with van der Waals surface area (Å²) in [5, 5.41) is 7.76. The van der Waals surface area contributed by atoms with Crippen LogP contribution in [0.15, 0.2) is 54.9 Å². The largest absolute Gasteiger partial charge is 0.497 e. The molecule has 0 saturated heterocycles. The first-order chi connectivity index (χ1) is 14.5. The molecular weight excluding hydrogens is 376 g/mol. The fourth-order valence-electron chi connectivity index (χ4n) is 4.51. The maximum atomic E-state index is 13.5. The molecule has 1 saturated carbocycles. The molecule has 1 aliphatic carbocycles. The Balaban J connectivity index is 1.57. The van der Waals surface area contributed by atoms with Crippen LogP contribution in [0.4, 0.5) is 0 Å². The number of methoxy groups -OCH3 is 1. The Morgan fingerprint density at radius 3 is 2.53 bits per heavy atom. The van der Waals surface area contributed by atoms with Crippen molar-refractivity contribution in [3.05, 3.63) is 71.7 Å². The molecule has 0 bridgehead atoms. The number of benzene rings is 1. The van der Waals surface area contributed by atoms with E-state index in [2.05, 4.69) is 15.4 Å². The second-order valence-corrected chi connectivity index (χ2v) is 8.00.